The van der Waals surface area contributed by atoms with Crippen molar-refractivity contribution in [2.45, 2.75) is 32.2 Å². The minimum Gasteiger partial charge on any atom is -0.387 e. The van der Waals surface area contributed by atoms with Crippen LogP contribution in [-0.2, 0) is 13.1 Å². The zero-order valence-electron chi connectivity index (χ0n) is 14.7. The topological polar surface area (TPSA) is 94.4 Å². The SMILES string of the molecule is C[C@@H]1CN(c2ccc(C#N)n3ncc(F)c23)Cc2c3c(nn21)CNCC3O. The molecule has 0 radical (unpaired) electrons. The molecule has 0 saturated heterocycles. The molecule has 0 amide bonds. The number of rotatable bonds is 1. The number of pyridine rings is 1. The number of nitrogens with one attached hydrogen (secondary N) is 1. The van der Waals surface area contributed by atoms with Crippen molar-refractivity contribution in [3.63, 3.8) is 0 Å². The average molecular weight is 367 g/mol. The zero-order chi connectivity index (χ0) is 18.7. The van der Waals surface area contributed by atoms with E-state index in [1.54, 1.807) is 12.1 Å². The molecule has 3 aromatic heterocycles. The van der Waals surface area contributed by atoms with Gasteiger partial charge in [0.2, 0.25) is 0 Å². The number of hydrogen-bond donors (Lipinski definition) is 2. The summed E-state index contributed by atoms with van der Waals surface area (Å²) in [6.45, 7) is 4.34. The third kappa shape index (κ3) is 2.27. The van der Waals surface area contributed by atoms with Gasteiger partial charge in [-0.25, -0.2) is 8.91 Å². The highest BCUT2D eigenvalue weighted by molar-refractivity contribution is 5.75. The molecule has 2 atom stereocenters. The normalized spacial score (nSPS) is 21.8. The zero-order valence-corrected chi connectivity index (χ0v) is 14.7. The summed E-state index contributed by atoms with van der Waals surface area (Å²) in [6, 6.07) is 5.52. The molecule has 2 N–H and O–H groups in total. The van der Waals surface area contributed by atoms with Crippen LogP contribution in [0.2, 0.25) is 0 Å². The standard InChI is InChI=1S/C18H18FN7O/c1-10-8-24(9-15-17-13(23-25(10)15)6-21-7-16(17)27)14-3-2-11(4-20)26-18(14)12(19)5-22-26/h2-3,5,10,16,21,27H,6-9H2,1H3/t10-,16?/m1/s1. The number of fused-ring (bicyclic) bond motifs is 4. The minimum atomic E-state index is -0.600. The van der Waals surface area contributed by atoms with Gasteiger partial charge in [0.1, 0.15) is 17.3 Å². The molecule has 0 aliphatic carbocycles. The second-order valence-corrected chi connectivity index (χ2v) is 7.10. The summed E-state index contributed by atoms with van der Waals surface area (Å²) in [7, 11) is 0. The highest BCUT2D eigenvalue weighted by atomic mass is 19.1. The van der Waals surface area contributed by atoms with Gasteiger partial charge in [0.15, 0.2) is 5.82 Å². The fourth-order valence-corrected chi connectivity index (χ4v) is 4.22. The quantitative estimate of drug-likeness (QED) is 0.672. The van der Waals surface area contributed by atoms with Crippen molar-refractivity contribution in [2.24, 2.45) is 0 Å². The molecular weight excluding hydrogens is 349 g/mol. The number of nitriles is 1. The fourth-order valence-electron chi connectivity index (χ4n) is 4.22. The molecule has 0 bridgehead atoms. The van der Waals surface area contributed by atoms with Crippen molar-refractivity contribution in [3.05, 3.63) is 46.8 Å². The van der Waals surface area contributed by atoms with E-state index in [9.17, 15) is 14.8 Å². The van der Waals surface area contributed by atoms with E-state index in [1.807, 2.05) is 10.8 Å². The molecule has 2 aliphatic heterocycles. The van der Waals surface area contributed by atoms with Gasteiger partial charge in [-0.1, -0.05) is 0 Å². The fraction of sp³-hybridized carbons (Fsp3) is 0.389. The van der Waals surface area contributed by atoms with Crippen molar-refractivity contribution >= 4 is 11.2 Å². The Morgan fingerprint density at radius 3 is 3.07 bits per heavy atom. The van der Waals surface area contributed by atoms with Gasteiger partial charge in [-0.2, -0.15) is 15.5 Å². The molecule has 3 aromatic rings. The first-order valence-electron chi connectivity index (χ1n) is 8.88. The summed E-state index contributed by atoms with van der Waals surface area (Å²) in [5.41, 5.74) is 3.97. The number of aliphatic hydroxyl groups excluding tert-OH is 1. The Labute approximate surface area is 154 Å². The molecule has 27 heavy (non-hydrogen) atoms. The third-order valence-electron chi connectivity index (χ3n) is 5.38. The van der Waals surface area contributed by atoms with Crippen LogP contribution in [0.25, 0.3) is 5.52 Å². The lowest BCUT2D eigenvalue weighted by Crippen LogP contribution is -2.37. The summed E-state index contributed by atoms with van der Waals surface area (Å²) in [4.78, 5) is 2.07. The largest absolute Gasteiger partial charge is 0.387 e. The maximum atomic E-state index is 14.5. The van der Waals surface area contributed by atoms with E-state index in [1.165, 1.54) is 4.52 Å². The van der Waals surface area contributed by atoms with E-state index < -0.39 is 11.9 Å². The van der Waals surface area contributed by atoms with Crippen LogP contribution in [0.1, 0.15) is 41.7 Å². The molecular formula is C18H18FN7O. The summed E-state index contributed by atoms with van der Waals surface area (Å²) in [5, 5.41) is 31.6. The van der Waals surface area contributed by atoms with E-state index in [-0.39, 0.29) is 11.7 Å². The van der Waals surface area contributed by atoms with Gasteiger partial charge in [-0.3, -0.25) is 4.68 Å². The number of hydrogen-bond acceptors (Lipinski definition) is 6. The molecule has 5 heterocycles. The molecule has 5 rings (SSSR count). The van der Waals surface area contributed by atoms with Crippen molar-refractivity contribution in [1.82, 2.24) is 24.7 Å². The smallest absolute Gasteiger partial charge is 0.171 e. The first-order valence-corrected chi connectivity index (χ1v) is 8.88. The van der Waals surface area contributed by atoms with Crippen molar-refractivity contribution in [3.8, 4) is 6.07 Å². The first kappa shape index (κ1) is 16.2. The van der Waals surface area contributed by atoms with E-state index in [2.05, 4.69) is 27.3 Å². The molecule has 0 spiro atoms. The van der Waals surface area contributed by atoms with E-state index in [0.29, 0.717) is 37.4 Å². The van der Waals surface area contributed by atoms with Crippen LogP contribution >= 0.6 is 0 Å². The second kappa shape index (κ2) is 5.77. The second-order valence-electron chi connectivity index (χ2n) is 7.10. The van der Waals surface area contributed by atoms with Gasteiger partial charge < -0.3 is 15.3 Å². The Morgan fingerprint density at radius 1 is 1.41 bits per heavy atom. The van der Waals surface area contributed by atoms with Crippen LogP contribution in [0.15, 0.2) is 18.3 Å². The summed E-state index contributed by atoms with van der Waals surface area (Å²) < 4.78 is 17.8. The van der Waals surface area contributed by atoms with Gasteiger partial charge in [-0.05, 0) is 19.1 Å². The molecule has 9 heteroatoms. The van der Waals surface area contributed by atoms with Gasteiger partial charge in [0.05, 0.1) is 42.0 Å². The Morgan fingerprint density at radius 2 is 2.26 bits per heavy atom. The molecule has 1 unspecified atom stereocenters. The molecule has 2 aliphatic rings. The van der Waals surface area contributed by atoms with Crippen LogP contribution in [0.3, 0.4) is 0 Å². The number of halogens is 1. The first-order chi connectivity index (χ1) is 13.1. The lowest BCUT2D eigenvalue weighted by atomic mass is 10.0. The Kier molecular flexibility index (Phi) is 3.47. The number of anilines is 1. The molecule has 0 aromatic carbocycles. The number of aliphatic hydroxyl groups is 1. The summed E-state index contributed by atoms with van der Waals surface area (Å²) >= 11 is 0. The van der Waals surface area contributed by atoms with Gasteiger partial charge in [0.25, 0.3) is 0 Å². The highest BCUT2D eigenvalue weighted by Crippen LogP contribution is 2.35. The maximum absolute atomic E-state index is 14.5. The van der Waals surface area contributed by atoms with Gasteiger partial charge in [0, 0.05) is 25.2 Å². The summed E-state index contributed by atoms with van der Waals surface area (Å²) in [5.74, 6) is -0.458. The van der Waals surface area contributed by atoms with Gasteiger partial charge in [-0.15, -0.1) is 0 Å². The van der Waals surface area contributed by atoms with E-state index in [4.69, 9.17) is 0 Å². The Hall–Kier alpha value is -2.96. The molecule has 0 fully saturated rings. The lowest BCUT2D eigenvalue weighted by molar-refractivity contribution is 0.163. The maximum Gasteiger partial charge on any atom is 0.171 e. The molecule has 0 saturated carbocycles. The van der Waals surface area contributed by atoms with Crippen molar-refractivity contribution in [1.29, 1.82) is 5.26 Å². The summed E-state index contributed by atoms with van der Waals surface area (Å²) in [6.07, 6.45) is 0.534. The van der Waals surface area contributed by atoms with E-state index in [0.717, 1.165) is 23.1 Å². The van der Waals surface area contributed by atoms with Crippen LogP contribution in [-0.4, -0.2) is 37.6 Å². The number of aromatic nitrogens is 4. The van der Waals surface area contributed by atoms with Crippen molar-refractivity contribution < 1.29 is 9.50 Å². The average Bonchev–Trinajstić information content (AvgIpc) is 3.23. The van der Waals surface area contributed by atoms with Gasteiger partial charge >= 0.3 is 0 Å². The number of nitrogens with zero attached hydrogens (tertiary/aromatic N) is 6. The Balaban J connectivity index is 1.64. The monoisotopic (exact) mass is 367 g/mol. The predicted octanol–water partition coefficient (Wildman–Crippen LogP) is 1.26. The molecule has 138 valence electrons. The lowest BCUT2D eigenvalue weighted by Gasteiger charge is -2.35. The van der Waals surface area contributed by atoms with Crippen LogP contribution in [0, 0.1) is 17.1 Å². The Bertz CT molecular complexity index is 1100. The van der Waals surface area contributed by atoms with E-state index >= 15 is 0 Å². The highest BCUT2D eigenvalue weighted by Gasteiger charge is 2.33. The number of β-amino-alcohol motifs (C(OH)–C–C–N with tert-alkyl or cyclic N) is 1. The minimum absolute atomic E-state index is 0.0632. The van der Waals surface area contributed by atoms with Crippen LogP contribution in [0.5, 0.6) is 0 Å². The third-order valence-corrected chi connectivity index (χ3v) is 5.38. The van der Waals surface area contributed by atoms with Crippen molar-refractivity contribution in [2.75, 3.05) is 18.0 Å². The predicted molar refractivity (Wildman–Crippen MR) is 94.5 cm³/mol. The molecule has 8 nitrogen and oxygen atoms in total. The van der Waals surface area contributed by atoms with Crippen LogP contribution < -0.4 is 10.2 Å². The van der Waals surface area contributed by atoms with Crippen LogP contribution in [0.4, 0.5) is 10.1 Å².